The molecule has 1 fully saturated rings. The van der Waals surface area contributed by atoms with Gasteiger partial charge in [0.25, 0.3) is 5.91 Å². The van der Waals surface area contributed by atoms with Gasteiger partial charge in [0.05, 0.1) is 12.8 Å². The van der Waals surface area contributed by atoms with E-state index in [1.54, 1.807) is 18.4 Å². The predicted octanol–water partition coefficient (Wildman–Crippen LogP) is 4.22. The SMILES string of the molecule is COc1cccc(C(C)N(C)Cc2c(C(=O)N3CCCCC3)nc3sccn23)c1. The number of methoxy groups -OCH3 is 1. The van der Waals surface area contributed by atoms with Crippen molar-refractivity contribution >= 4 is 22.2 Å². The second-order valence-corrected chi connectivity index (χ2v) is 8.56. The Bertz CT molecular complexity index is 990. The summed E-state index contributed by atoms with van der Waals surface area (Å²) in [5, 5.41) is 2.02. The number of thiazole rings is 1. The van der Waals surface area contributed by atoms with Crippen LogP contribution in [0.1, 0.15) is 54.0 Å². The van der Waals surface area contributed by atoms with E-state index in [-0.39, 0.29) is 11.9 Å². The van der Waals surface area contributed by atoms with Crippen LogP contribution in [0.15, 0.2) is 35.8 Å². The number of nitrogens with zero attached hydrogens (tertiary/aromatic N) is 4. The first-order valence-electron chi connectivity index (χ1n) is 10.2. The summed E-state index contributed by atoms with van der Waals surface area (Å²) in [7, 11) is 3.77. The van der Waals surface area contributed by atoms with Crippen LogP contribution in [-0.2, 0) is 6.54 Å². The highest BCUT2D eigenvalue weighted by Crippen LogP contribution is 2.27. The third-order valence-corrected chi connectivity index (χ3v) is 6.60. The maximum Gasteiger partial charge on any atom is 0.274 e. The number of benzene rings is 1. The largest absolute Gasteiger partial charge is 0.497 e. The molecular formula is C22H28N4O2S. The Balaban J connectivity index is 1.60. The summed E-state index contributed by atoms with van der Waals surface area (Å²) in [5.41, 5.74) is 2.75. The van der Waals surface area contributed by atoms with Crippen molar-refractivity contribution in [2.24, 2.45) is 0 Å². The van der Waals surface area contributed by atoms with Gasteiger partial charge >= 0.3 is 0 Å². The fraction of sp³-hybridized carbons (Fsp3) is 0.455. The summed E-state index contributed by atoms with van der Waals surface area (Å²) in [6.07, 6.45) is 5.38. The van der Waals surface area contributed by atoms with Crippen LogP contribution in [-0.4, -0.2) is 52.3 Å². The van der Waals surface area contributed by atoms with Crippen molar-refractivity contribution < 1.29 is 9.53 Å². The van der Waals surface area contributed by atoms with Gasteiger partial charge in [0.1, 0.15) is 5.75 Å². The van der Waals surface area contributed by atoms with Gasteiger partial charge in [-0.3, -0.25) is 14.1 Å². The van der Waals surface area contributed by atoms with Crippen LogP contribution in [0.3, 0.4) is 0 Å². The molecule has 0 bridgehead atoms. The summed E-state index contributed by atoms with van der Waals surface area (Å²) < 4.78 is 7.44. The molecule has 1 atom stereocenters. The lowest BCUT2D eigenvalue weighted by Gasteiger charge is -2.28. The Morgan fingerprint density at radius 3 is 2.86 bits per heavy atom. The molecule has 0 radical (unpaired) electrons. The molecular weight excluding hydrogens is 384 g/mol. The maximum absolute atomic E-state index is 13.2. The van der Waals surface area contributed by atoms with Crippen LogP contribution in [0.4, 0.5) is 0 Å². The van der Waals surface area contributed by atoms with Crippen LogP contribution in [0.5, 0.6) is 5.75 Å². The molecule has 29 heavy (non-hydrogen) atoms. The number of fused-ring (bicyclic) bond motifs is 1. The second-order valence-electron chi connectivity index (χ2n) is 7.68. The molecule has 1 unspecified atom stereocenters. The molecule has 1 amide bonds. The summed E-state index contributed by atoms with van der Waals surface area (Å²) >= 11 is 1.57. The first-order valence-corrected chi connectivity index (χ1v) is 11.0. The van der Waals surface area contributed by atoms with E-state index in [9.17, 15) is 4.79 Å². The summed E-state index contributed by atoms with van der Waals surface area (Å²) in [5.74, 6) is 0.923. The van der Waals surface area contributed by atoms with Crippen molar-refractivity contribution in [1.29, 1.82) is 0 Å². The normalized spacial score (nSPS) is 15.8. The number of amides is 1. The standard InChI is InChI=1S/C22H28N4O2S/c1-16(17-8-7-9-18(14-17)28-3)24(2)15-19-20(23-22-26(19)12-13-29-22)21(27)25-10-5-4-6-11-25/h7-9,12-14,16H,4-6,10-11,15H2,1-3H3. The molecule has 0 aliphatic carbocycles. The molecule has 0 N–H and O–H groups in total. The van der Waals surface area contributed by atoms with Crippen molar-refractivity contribution in [3.05, 3.63) is 52.8 Å². The highest BCUT2D eigenvalue weighted by atomic mass is 32.1. The molecule has 1 aromatic carbocycles. The van der Waals surface area contributed by atoms with Gasteiger partial charge in [-0.2, -0.15) is 0 Å². The molecule has 154 valence electrons. The second kappa shape index (κ2) is 8.55. The van der Waals surface area contributed by atoms with E-state index in [0.717, 1.165) is 42.3 Å². The van der Waals surface area contributed by atoms with E-state index < -0.39 is 0 Å². The van der Waals surface area contributed by atoms with E-state index >= 15 is 0 Å². The average Bonchev–Trinajstić information content (AvgIpc) is 3.36. The van der Waals surface area contributed by atoms with E-state index in [1.165, 1.54) is 12.0 Å². The smallest absolute Gasteiger partial charge is 0.274 e. The number of aromatic nitrogens is 2. The molecule has 0 spiro atoms. The molecule has 7 heteroatoms. The van der Waals surface area contributed by atoms with E-state index in [0.29, 0.717) is 12.2 Å². The topological polar surface area (TPSA) is 50.1 Å². The number of carbonyl (C=O) groups excluding carboxylic acids is 1. The lowest BCUT2D eigenvalue weighted by Crippen LogP contribution is -2.36. The minimum atomic E-state index is 0.0676. The Hall–Kier alpha value is -2.38. The maximum atomic E-state index is 13.2. The molecule has 3 heterocycles. The molecule has 1 aliphatic heterocycles. The van der Waals surface area contributed by atoms with Gasteiger partial charge in [0.15, 0.2) is 10.7 Å². The minimum absolute atomic E-state index is 0.0676. The zero-order chi connectivity index (χ0) is 20.4. The predicted molar refractivity (Wildman–Crippen MR) is 116 cm³/mol. The number of rotatable bonds is 6. The van der Waals surface area contributed by atoms with E-state index in [4.69, 9.17) is 9.72 Å². The third kappa shape index (κ3) is 4.02. The van der Waals surface area contributed by atoms with Crippen LogP contribution in [0.25, 0.3) is 4.96 Å². The fourth-order valence-corrected chi connectivity index (χ4v) is 4.66. The highest BCUT2D eigenvalue weighted by molar-refractivity contribution is 7.15. The zero-order valence-electron chi connectivity index (χ0n) is 17.3. The number of imidazole rings is 1. The van der Waals surface area contributed by atoms with Crippen LogP contribution < -0.4 is 4.74 Å². The van der Waals surface area contributed by atoms with E-state index in [2.05, 4.69) is 35.4 Å². The number of piperidine rings is 1. The Kier molecular flexibility index (Phi) is 5.87. The zero-order valence-corrected chi connectivity index (χ0v) is 18.1. The van der Waals surface area contributed by atoms with Gasteiger partial charge in [-0.25, -0.2) is 4.98 Å². The van der Waals surface area contributed by atoms with Crippen molar-refractivity contribution in [3.8, 4) is 5.75 Å². The number of hydrogen-bond donors (Lipinski definition) is 0. The van der Waals surface area contributed by atoms with Gasteiger partial charge < -0.3 is 9.64 Å². The molecule has 0 saturated carbocycles. The van der Waals surface area contributed by atoms with Crippen molar-refractivity contribution in [2.45, 2.75) is 38.8 Å². The monoisotopic (exact) mass is 412 g/mol. The van der Waals surface area contributed by atoms with Crippen LogP contribution in [0.2, 0.25) is 0 Å². The number of hydrogen-bond acceptors (Lipinski definition) is 5. The molecule has 3 aromatic rings. The lowest BCUT2D eigenvalue weighted by molar-refractivity contribution is 0.0716. The number of likely N-dealkylation sites (tertiary alicyclic amines) is 1. The first-order chi connectivity index (χ1) is 14.1. The summed E-state index contributed by atoms with van der Waals surface area (Å²) in [6, 6.07) is 8.32. The third-order valence-electron chi connectivity index (χ3n) is 5.84. The fourth-order valence-electron chi connectivity index (χ4n) is 3.93. The van der Waals surface area contributed by atoms with Gasteiger partial charge in [-0.05, 0) is 50.9 Å². The molecule has 6 nitrogen and oxygen atoms in total. The van der Waals surface area contributed by atoms with Gasteiger partial charge in [0.2, 0.25) is 0 Å². The Morgan fingerprint density at radius 2 is 2.10 bits per heavy atom. The molecule has 2 aromatic heterocycles. The van der Waals surface area contributed by atoms with Crippen LogP contribution in [0, 0.1) is 0 Å². The first kappa shape index (κ1) is 19.9. The van der Waals surface area contributed by atoms with Gasteiger partial charge in [-0.15, -0.1) is 11.3 Å². The average molecular weight is 413 g/mol. The van der Waals surface area contributed by atoms with Crippen molar-refractivity contribution in [2.75, 3.05) is 27.2 Å². The Morgan fingerprint density at radius 1 is 1.31 bits per heavy atom. The number of carbonyl (C=O) groups is 1. The molecule has 4 rings (SSSR count). The Labute approximate surface area is 175 Å². The summed E-state index contributed by atoms with van der Waals surface area (Å²) in [4.78, 5) is 23.0. The van der Waals surface area contributed by atoms with Crippen molar-refractivity contribution in [3.63, 3.8) is 0 Å². The van der Waals surface area contributed by atoms with Crippen molar-refractivity contribution in [1.82, 2.24) is 19.2 Å². The quantitative estimate of drug-likeness (QED) is 0.608. The molecule has 1 aliphatic rings. The van der Waals surface area contributed by atoms with Gasteiger partial charge in [-0.1, -0.05) is 12.1 Å². The van der Waals surface area contributed by atoms with E-state index in [1.807, 2.05) is 28.6 Å². The highest BCUT2D eigenvalue weighted by Gasteiger charge is 2.27. The van der Waals surface area contributed by atoms with Gasteiger partial charge in [0, 0.05) is 37.3 Å². The molecule has 1 saturated heterocycles. The van der Waals surface area contributed by atoms with Crippen LogP contribution >= 0.6 is 11.3 Å². The minimum Gasteiger partial charge on any atom is -0.497 e. The number of ether oxygens (including phenoxy) is 1. The summed E-state index contributed by atoms with van der Waals surface area (Å²) in [6.45, 7) is 4.48. The lowest BCUT2D eigenvalue weighted by atomic mass is 10.1.